The highest BCUT2D eigenvalue weighted by molar-refractivity contribution is 9.10. The van der Waals surface area contributed by atoms with E-state index in [0.717, 1.165) is 0 Å². The average Bonchev–Trinajstić information content (AvgIpc) is 2.42. The number of nitrogens with one attached hydrogen (secondary N) is 1. The number of ketones is 1. The van der Waals surface area contributed by atoms with Gasteiger partial charge in [0.05, 0.1) is 21.3 Å². The van der Waals surface area contributed by atoms with Gasteiger partial charge in [-0.05, 0) is 22.0 Å². The van der Waals surface area contributed by atoms with Gasteiger partial charge in [-0.15, -0.1) is 0 Å². The van der Waals surface area contributed by atoms with E-state index < -0.39 is 11.7 Å². The van der Waals surface area contributed by atoms with Gasteiger partial charge in [-0.25, -0.2) is 0 Å². The van der Waals surface area contributed by atoms with E-state index in [-0.39, 0.29) is 21.3 Å². The Morgan fingerprint density at radius 2 is 1.86 bits per heavy atom. The van der Waals surface area contributed by atoms with Gasteiger partial charge in [0.1, 0.15) is 0 Å². The molecular weight excluding hydrogens is 293 g/mol. The summed E-state index contributed by atoms with van der Waals surface area (Å²) in [6.45, 7) is 0. The third kappa shape index (κ3) is 1.26. The number of carbonyl (C=O) groups excluding carboxylic acids is 2. The molecule has 14 heavy (non-hydrogen) atoms. The Kier molecular flexibility index (Phi) is 2.29. The Labute approximate surface area is 97.5 Å². The molecule has 1 N–H and O–H groups in total. The molecule has 0 aliphatic carbocycles. The van der Waals surface area contributed by atoms with Gasteiger partial charge in [0.25, 0.3) is 11.7 Å². The summed E-state index contributed by atoms with van der Waals surface area (Å²) in [4.78, 5) is 22.3. The molecule has 0 radical (unpaired) electrons. The Bertz CT molecular complexity index is 473. The van der Waals surface area contributed by atoms with Gasteiger partial charge in [0, 0.05) is 4.47 Å². The molecule has 0 atom stereocenters. The van der Waals surface area contributed by atoms with Crippen LogP contribution in [0.5, 0.6) is 0 Å². The largest absolute Gasteiger partial charge is 0.317 e. The van der Waals surface area contributed by atoms with E-state index in [4.69, 9.17) is 23.2 Å². The first kappa shape index (κ1) is 9.96. The van der Waals surface area contributed by atoms with Gasteiger partial charge in [-0.3, -0.25) is 9.59 Å². The van der Waals surface area contributed by atoms with Crippen LogP contribution in [0, 0.1) is 0 Å². The summed E-state index contributed by atoms with van der Waals surface area (Å²) in [6.07, 6.45) is 0. The summed E-state index contributed by atoms with van der Waals surface area (Å²) in [5, 5.41) is 2.81. The molecule has 1 aromatic carbocycles. The van der Waals surface area contributed by atoms with Crippen molar-refractivity contribution < 1.29 is 9.59 Å². The van der Waals surface area contributed by atoms with Crippen molar-refractivity contribution in [1.82, 2.24) is 0 Å². The summed E-state index contributed by atoms with van der Waals surface area (Å²) in [7, 11) is 0. The van der Waals surface area contributed by atoms with Gasteiger partial charge in [-0.1, -0.05) is 23.2 Å². The molecule has 3 nitrogen and oxygen atoms in total. The van der Waals surface area contributed by atoms with Crippen LogP contribution in [0.2, 0.25) is 10.0 Å². The van der Waals surface area contributed by atoms with Gasteiger partial charge in [0.2, 0.25) is 0 Å². The molecule has 0 unspecified atom stereocenters. The first-order chi connectivity index (χ1) is 6.52. The number of hydrogen-bond donors (Lipinski definition) is 1. The number of fused-ring (bicyclic) bond motifs is 1. The maximum absolute atomic E-state index is 11.3. The van der Waals surface area contributed by atoms with Crippen LogP contribution in [0.15, 0.2) is 10.5 Å². The third-order valence-corrected chi connectivity index (χ3v) is 3.57. The minimum absolute atomic E-state index is 0.176. The number of amides is 1. The third-order valence-electron chi connectivity index (χ3n) is 1.85. The van der Waals surface area contributed by atoms with E-state index in [1.807, 2.05) is 0 Å². The van der Waals surface area contributed by atoms with Crippen molar-refractivity contribution in [3.8, 4) is 0 Å². The molecule has 1 aromatic rings. The van der Waals surface area contributed by atoms with Gasteiger partial charge in [-0.2, -0.15) is 0 Å². The van der Waals surface area contributed by atoms with E-state index in [0.29, 0.717) is 4.47 Å². The molecule has 0 fully saturated rings. The summed E-state index contributed by atoms with van der Waals surface area (Å²) in [5.41, 5.74) is 0.533. The second-order valence-corrected chi connectivity index (χ2v) is 4.30. The van der Waals surface area contributed by atoms with Crippen LogP contribution in [-0.2, 0) is 4.79 Å². The monoisotopic (exact) mass is 293 g/mol. The Morgan fingerprint density at radius 3 is 2.50 bits per heavy atom. The topological polar surface area (TPSA) is 46.2 Å². The summed E-state index contributed by atoms with van der Waals surface area (Å²) >= 11 is 14.8. The highest BCUT2D eigenvalue weighted by Crippen LogP contribution is 2.41. The zero-order chi connectivity index (χ0) is 10.5. The highest BCUT2D eigenvalue weighted by atomic mass is 79.9. The maximum atomic E-state index is 11.3. The smallest absolute Gasteiger partial charge is 0.296 e. The van der Waals surface area contributed by atoms with E-state index in [2.05, 4.69) is 21.2 Å². The van der Waals surface area contributed by atoms with Crippen LogP contribution in [0.1, 0.15) is 10.4 Å². The maximum Gasteiger partial charge on any atom is 0.296 e. The molecular formula is C8H2BrCl2NO2. The molecule has 1 heterocycles. The van der Waals surface area contributed by atoms with Crippen molar-refractivity contribution in [3.05, 3.63) is 26.1 Å². The van der Waals surface area contributed by atoms with Crippen molar-refractivity contribution in [1.29, 1.82) is 0 Å². The number of rotatable bonds is 0. The molecule has 0 saturated heterocycles. The average molecular weight is 295 g/mol. The minimum atomic E-state index is -0.684. The molecule has 0 saturated carbocycles. The van der Waals surface area contributed by atoms with Crippen LogP contribution in [0.4, 0.5) is 5.69 Å². The van der Waals surface area contributed by atoms with Gasteiger partial charge >= 0.3 is 0 Å². The lowest BCUT2D eigenvalue weighted by molar-refractivity contribution is -0.112. The summed E-state index contributed by atoms with van der Waals surface area (Å²) in [6, 6.07) is 1.48. The summed E-state index contributed by atoms with van der Waals surface area (Å²) < 4.78 is 0.493. The minimum Gasteiger partial charge on any atom is -0.317 e. The van der Waals surface area contributed by atoms with E-state index in [9.17, 15) is 9.59 Å². The first-order valence-corrected chi connectivity index (χ1v) is 5.10. The second kappa shape index (κ2) is 3.22. The molecule has 72 valence electrons. The van der Waals surface area contributed by atoms with Crippen LogP contribution in [0.3, 0.4) is 0 Å². The van der Waals surface area contributed by atoms with Crippen LogP contribution >= 0.6 is 39.1 Å². The standard InChI is InChI=1S/C8H2BrCl2NO2/c9-3-1-2-6(5(11)4(3)10)12-8(14)7(2)13/h1H,(H,12,13,14). The Balaban J connectivity index is 2.76. The fourth-order valence-corrected chi connectivity index (χ4v) is 2.13. The van der Waals surface area contributed by atoms with Crippen molar-refractivity contribution in [2.45, 2.75) is 0 Å². The fourth-order valence-electron chi connectivity index (χ4n) is 1.19. The predicted octanol–water partition coefficient (Wildman–Crippen LogP) is 2.89. The van der Waals surface area contributed by atoms with E-state index in [1.54, 1.807) is 0 Å². The van der Waals surface area contributed by atoms with Gasteiger partial charge in [0.15, 0.2) is 0 Å². The fraction of sp³-hybridized carbons (Fsp3) is 0. The lowest BCUT2D eigenvalue weighted by Crippen LogP contribution is -2.12. The quantitative estimate of drug-likeness (QED) is 0.591. The molecule has 0 spiro atoms. The number of carbonyl (C=O) groups is 2. The Morgan fingerprint density at radius 1 is 1.21 bits per heavy atom. The number of hydrogen-bond acceptors (Lipinski definition) is 2. The molecule has 0 bridgehead atoms. The molecule has 6 heteroatoms. The van der Waals surface area contributed by atoms with Crippen LogP contribution in [-0.4, -0.2) is 11.7 Å². The van der Waals surface area contributed by atoms with E-state index in [1.165, 1.54) is 6.07 Å². The molecule has 1 amide bonds. The lowest BCUT2D eigenvalue weighted by Gasteiger charge is -2.04. The molecule has 1 aliphatic heterocycles. The molecule has 1 aliphatic rings. The van der Waals surface area contributed by atoms with Crippen molar-refractivity contribution in [3.63, 3.8) is 0 Å². The Hall–Kier alpha value is -0.580. The van der Waals surface area contributed by atoms with Crippen LogP contribution < -0.4 is 5.32 Å². The zero-order valence-electron chi connectivity index (χ0n) is 6.53. The number of halogens is 3. The second-order valence-electron chi connectivity index (χ2n) is 2.69. The lowest BCUT2D eigenvalue weighted by atomic mass is 10.1. The summed E-state index contributed by atoms with van der Waals surface area (Å²) in [5.74, 6) is -1.28. The van der Waals surface area contributed by atoms with Crippen molar-refractivity contribution in [2.24, 2.45) is 0 Å². The highest BCUT2D eigenvalue weighted by Gasteiger charge is 2.31. The van der Waals surface area contributed by atoms with Crippen LogP contribution in [0.25, 0.3) is 0 Å². The zero-order valence-corrected chi connectivity index (χ0v) is 9.63. The first-order valence-electron chi connectivity index (χ1n) is 3.55. The van der Waals surface area contributed by atoms with Gasteiger partial charge < -0.3 is 5.32 Å². The van der Waals surface area contributed by atoms with Crippen molar-refractivity contribution >= 4 is 56.5 Å². The molecule has 2 rings (SSSR count). The SMILES string of the molecule is O=C1Nc2c(cc(Br)c(Cl)c2Cl)C1=O. The van der Waals surface area contributed by atoms with Crippen molar-refractivity contribution in [2.75, 3.05) is 5.32 Å². The predicted molar refractivity (Wildman–Crippen MR) is 57.1 cm³/mol. The number of benzene rings is 1. The van der Waals surface area contributed by atoms with E-state index >= 15 is 0 Å². The normalized spacial score (nSPS) is 14.2. The number of Topliss-reactive ketones (excluding diaryl/α,β-unsaturated/α-hetero) is 1. The molecule has 0 aromatic heterocycles. The number of anilines is 1.